The van der Waals surface area contributed by atoms with E-state index in [4.69, 9.17) is 14.6 Å². The Morgan fingerprint density at radius 2 is 1.62 bits per heavy atom. The van der Waals surface area contributed by atoms with Crippen LogP contribution in [-0.4, -0.2) is 44.2 Å². The summed E-state index contributed by atoms with van der Waals surface area (Å²) >= 11 is 0. The van der Waals surface area contributed by atoms with Gasteiger partial charge in [-0.1, -0.05) is 0 Å². The van der Waals surface area contributed by atoms with Gasteiger partial charge in [-0.3, -0.25) is 4.79 Å². The van der Waals surface area contributed by atoms with Gasteiger partial charge in [0.1, 0.15) is 18.1 Å². The Morgan fingerprint density at radius 3 is 2.08 bits per heavy atom. The van der Waals surface area contributed by atoms with Crippen LogP contribution in [0.2, 0.25) is 0 Å². The van der Waals surface area contributed by atoms with E-state index in [2.05, 4.69) is 10.2 Å². The molecule has 1 N–H and O–H groups in total. The SMILES string of the molecule is O=Cc1ccn(C2CCCCO2)n1.OCc1ccn(C2CCCCO2)n1. The summed E-state index contributed by atoms with van der Waals surface area (Å²) in [7, 11) is 0. The number of rotatable bonds is 4. The number of ether oxygens (including phenoxy) is 2. The molecule has 2 atom stereocenters. The fraction of sp³-hybridized carbons (Fsp3) is 0.611. The molecule has 8 nitrogen and oxygen atoms in total. The summed E-state index contributed by atoms with van der Waals surface area (Å²) in [5, 5.41) is 17.1. The lowest BCUT2D eigenvalue weighted by Gasteiger charge is -2.22. The predicted molar refractivity (Wildman–Crippen MR) is 93.4 cm³/mol. The maximum absolute atomic E-state index is 10.4. The lowest BCUT2D eigenvalue weighted by atomic mass is 10.2. The molecule has 0 amide bonds. The Balaban J connectivity index is 0.000000151. The van der Waals surface area contributed by atoms with Crippen LogP contribution < -0.4 is 0 Å². The fourth-order valence-electron chi connectivity index (χ4n) is 3.06. The molecule has 0 aliphatic carbocycles. The van der Waals surface area contributed by atoms with Crippen LogP contribution in [0, 0.1) is 0 Å². The maximum Gasteiger partial charge on any atom is 0.170 e. The lowest BCUT2D eigenvalue weighted by molar-refractivity contribution is -0.0398. The first kappa shape index (κ1) is 18.8. The fourth-order valence-corrected chi connectivity index (χ4v) is 3.06. The van der Waals surface area contributed by atoms with E-state index < -0.39 is 0 Å². The van der Waals surface area contributed by atoms with Gasteiger partial charge in [-0.05, 0) is 50.7 Å². The van der Waals surface area contributed by atoms with Gasteiger partial charge in [0.05, 0.1) is 12.3 Å². The summed E-state index contributed by atoms with van der Waals surface area (Å²) in [6.45, 7) is 1.61. The number of nitrogens with zero attached hydrogens (tertiary/aromatic N) is 4. The van der Waals surface area contributed by atoms with Crippen molar-refractivity contribution in [1.29, 1.82) is 0 Å². The van der Waals surface area contributed by atoms with E-state index in [9.17, 15) is 4.79 Å². The molecule has 26 heavy (non-hydrogen) atoms. The van der Waals surface area contributed by atoms with Gasteiger partial charge < -0.3 is 14.6 Å². The third-order valence-electron chi connectivity index (χ3n) is 4.48. The summed E-state index contributed by atoms with van der Waals surface area (Å²) in [5.74, 6) is 0. The molecule has 2 saturated heterocycles. The number of carbonyl (C=O) groups is 1. The highest BCUT2D eigenvalue weighted by Crippen LogP contribution is 2.22. The minimum Gasteiger partial charge on any atom is -0.390 e. The molecule has 0 saturated carbocycles. The minimum atomic E-state index is -0.000278. The highest BCUT2D eigenvalue weighted by Gasteiger charge is 2.16. The van der Waals surface area contributed by atoms with E-state index in [1.807, 2.05) is 12.3 Å². The number of aldehydes is 1. The summed E-state index contributed by atoms with van der Waals surface area (Å²) in [6, 6.07) is 3.52. The van der Waals surface area contributed by atoms with Crippen LogP contribution in [-0.2, 0) is 16.1 Å². The van der Waals surface area contributed by atoms with Crippen molar-refractivity contribution in [3.63, 3.8) is 0 Å². The average molecular weight is 362 g/mol. The van der Waals surface area contributed by atoms with E-state index in [0.717, 1.165) is 45.2 Å². The topological polar surface area (TPSA) is 91.4 Å². The van der Waals surface area contributed by atoms with Crippen LogP contribution in [0.15, 0.2) is 24.5 Å². The van der Waals surface area contributed by atoms with Crippen molar-refractivity contribution >= 4 is 6.29 Å². The Kier molecular flexibility index (Phi) is 6.93. The number of aromatic nitrogens is 4. The highest BCUT2D eigenvalue weighted by atomic mass is 16.5. The summed E-state index contributed by atoms with van der Waals surface area (Å²) < 4.78 is 14.6. The first-order chi connectivity index (χ1) is 12.8. The van der Waals surface area contributed by atoms with Gasteiger partial charge in [0.15, 0.2) is 6.29 Å². The van der Waals surface area contributed by atoms with E-state index in [1.54, 1.807) is 21.6 Å². The van der Waals surface area contributed by atoms with Gasteiger partial charge in [0.2, 0.25) is 0 Å². The molecule has 4 rings (SSSR count). The molecule has 2 fully saturated rings. The molecule has 2 aliphatic heterocycles. The van der Waals surface area contributed by atoms with Crippen LogP contribution in [0.3, 0.4) is 0 Å². The summed E-state index contributed by atoms with van der Waals surface area (Å²) in [6.07, 6.45) is 11.1. The predicted octanol–water partition coefficient (Wildman–Crippen LogP) is 2.47. The monoisotopic (exact) mass is 362 g/mol. The molecule has 8 heteroatoms. The summed E-state index contributed by atoms with van der Waals surface area (Å²) in [4.78, 5) is 10.4. The average Bonchev–Trinajstić information content (AvgIpc) is 3.39. The smallest absolute Gasteiger partial charge is 0.170 e. The standard InChI is InChI=1S/C9H14N2O2.C9H12N2O2/c2*12-7-8-4-5-11(10-8)9-3-1-2-6-13-9/h4-5,9,12H,1-3,6-7H2;4-5,7,9H,1-3,6H2. The van der Waals surface area contributed by atoms with Crippen LogP contribution in [0.25, 0.3) is 0 Å². The zero-order valence-corrected chi connectivity index (χ0v) is 14.9. The molecule has 2 aromatic heterocycles. The van der Waals surface area contributed by atoms with Crippen LogP contribution in [0.4, 0.5) is 0 Å². The number of aliphatic hydroxyl groups is 1. The Morgan fingerprint density at radius 1 is 1.00 bits per heavy atom. The molecule has 2 unspecified atom stereocenters. The first-order valence-corrected chi connectivity index (χ1v) is 9.18. The van der Waals surface area contributed by atoms with Crippen molar-refractivity contribution in [2.24, 2.45) is 0 Å². The first-order valence-electron chi connectivity index (χ1n) is 9.18. The van der Waals surface area contributed by atoms with Crippen molar-refractivity contribution in [3.8, 4) is 0 Å². The second-order valence-electron chi connectivity index (χ2n) is 6.43. The molecular formula is C18H26N4O4. The van der Waals surface area contributed by atoms with Gasteiger partial charge in [0, 0.05) is 25.6 Å². The van der Waals surface area contributed by atoms with Crippen molar-refractivity contribution in [2.75, 3.05) is 13.2 Å². The van der Waals surface area contributed by atoms with Crippen molar-refractivity contribution in [1.82, 2.24) is 19.6 Å². The van der Waals surface area contributed by atoms with Crippen molar-refractivity contribution < 1.29 is 19.4 Å². The quantitative estimate of drug-likeness (QED) is 0.840. The second-order valence-corrected chi connectivity index (χ2v) is 6.43. The molecule has 0 spiro atoms. The Labute approximate surface area is 152 Å². The van der Waals surface area contributed by atoms with E-state index in [0.29, 0.717) is 11.4 Å². The largest absolute Gasteiger partial charge is 0.390 e. The molecule has 0 bridgehead atoms. The maximum atomic E-state index is 10.4. The van der Waals surface area contributed by atoms with Gasteiger partial charge in [0.25, 0.3) is 0 Å². The van der Waals surface area contributed by atoms with Crippen LogP contribution in [0.1, 0.15) is 67.2 Å². The molecule has 0 aromatic carbocycles. The molecule has 0 radical (unpaired) electrons. The van der Waals surface area contributed by atoms with E-state index in [-0.39, 0.29) is 19.1 Å². The lowest BCUT2D eigenvalue weighted by Crippen LogP contribution is -2.18. The van der Waals surface area contributed by atoms with Gasteiger partial charge >= 0.3 is 0 Å². The molecular weight excluding hydrogens is 336 g/mol. The number of hydrogen-bond donors (Lipinski definition) is 1. The van der Waals surface area contributed by atoms with E-state index in [1.165, 1.54) is 12.8 Å². The third kappa shape index (κ3) is 5.00. The molecule has 2 aliphatic rings. The molecule has 4 heterocycles. The second kappa shape index (κ2) is 9.61. The van der Waals surface area contributed by atoms with Crippen LogP contribution >= 0.6 is 0 Å². The van der Waals surface area contributed by atoms with Crippen molar-refractivity contribution in [2.45, 2.75) is 57.6 Å². The zero-order valence-electron chi connectivity index (χ0n) is 14.9. The van der Waals surface area contributed by atoms with Gasteiger partial charge in [-0.15, -0.1) is 0 Å². The Hall–Kier alpha value is -2.03. The minimum absolute atomic E-state index is 0.000278. The Bertz CT molecular complexity index is 672. The molecule has 2 aromatic rings. The normalized spacial score (nSPS) is 23.1. The van der Waals surface area contributed by atoms with Crippen molar-refractivity contribution in [3.05, 3.63) is 35.9 Å². The number of carbonyl (C=O) groups excluding carboxylic acids is 1. The zero-order chi connectivity index (χ0) is 18.2. The number of hydrogen-bond acceptors (Lipinski definition) is 6. The van der Waals surface area contributed by atoms with E-state index >= 15 is 0 Å². The van der Waals surface area contributed by atoms with Crippen LogP contribution in [0.5, 0.6) is 0 Å². The van der Waals surface area contributed by atoms with Gasteiger partial charge in [-0.25, -0.2) is 9.36 Å². The number of aliphatic hydroxyl groups excluding tert-OH is 1. The highest BCUT2D eigenvalue weighted by molar-refractivity contribution is 5.71. The molecule has 142 valence electrons. The van der Waals surface area contributed by atoms with Gasteiger partial charge in [-0.2, -0.15) is 10.2 Å². The summed E-state index contributed by atoms with van der Waals surface area (Å²) in [5.41, 5.74) is 1.17. The third-order valence-corrected chi connectivity index (χ3v) is 4.48.